The molecular weight excluding hydrogens is 248 g/mol. The molecule has 0 radical (unpaired) electrons. The number of rotatable bonds is 6. The highest BCUT2D eigenvalue weighted by Crippen LogP contribution is 2.35. The van der Waals surface area contributed by atoms with Crippen molar-refractivity contribution >= 4 is 5.69 Å². The number of nitrogens with one attached hydrogen (secondary N) is 1. The van der Waals surface area contributed by atoms with E-state index >= 15 is 0 Å². The van der Waals surface area contributed by atoms with Crippen LogP contribution in [0, 0.1) is 5.92 Å². The molecule has 3 atom stereocenters. The molecule has 1 saturated heterocycles. The molecule has 20 heavy (non-hydrogen) atoms. The summed E-state index contributed by atoms with van der Waals surface area (Å²) in [6.45, 7) is 8.89. The number of nitrogens with zero attached hydrogens (tertiary/aromatic N) is 1. The van der Waals surface area contributed by atoms with Crippen LogP contribution in [0.15, 0.2) is 24.3 Å². The molecule has 0 aromatic heterocycles. The minimum Gasteiger partial charge on any atom is -0.394 e. The molecule has 0 amide bonds. The van der Waals surface area contributed by atoms with Crippen LogP contribution in [0.2, 0.25) is 0 Å². The number of aliphatic hydroxyl groups excluding tert-OH is 1. The highest BCUT2D eigenvalue weighted by molar-refractivity contribution is 5.56. The molecule has 1 aromatic carbocycles. The maximum Gasteiger partial charge on any atom is 0.0637 e. The van der Waals surface area contributed by atoms with Crippen molar-refractivity contribution < 1.29 is 5.11 Å². The Morgan fingerprint density at radius 3 is 2.75 bits per heavy atom. The first kappa shape index (κ1) is 15.3. The fourth-order valence-corrected chi connectivity index (χ4v) is 3.35. The number of hydrogen-bond donors (Lipinski definition) is 2. The zero-order valence-electron chi connectivity index (χ0n) is 13.0. The lowest BCUT2D eigenvalue weighted by Crippen LogP contribution is -2.36. The summed E-state index contributed by atoms with van der Waals surface area (Å²) in [4.78, 5) is 2.40. The van der Waals surface area contributed by atoms with Crippen molar-refractivity contribution in [1.29, 1.82) is 0 Å². The van der Waals surface area contributed by atoms with Gasteiger partial charge in [0.05, 0.1) is 12.6 Å². The van der Waals surface area contributed by atoms with Gasteiger partial charge in [-0.1, -0.05) is 39.0 Å². The second-order valence-corrected chi connectivity index (χ2v) is 5.79. The number of hydrogen-bond acceptors (Lipinski definition) is 3. The average molecular weight is 276 g/mol. The summed E-state index contributed by atoms with van der Waals surface area (Å²) in [5, 5.41) is 13.3. The van der Waals surface area contributed by atoms with Crippen LogP contribution in [0.1, 0.15) is 45.2 Å². The molecule has 1 fully saturated rings. The molecule has 2 N–H and O–H groups in total. The maximum absolute atomic E-state index is 9.70. The molecule has 3 nitrogen and oxygen atoms in total. The van der Waals surface area contributed by atoms with Crippen molar-refractivity contribution in [3.8, 4) is 0 Å². The van der Waals surface area contributed by atoms with Gasteiger partial charge in [-0.05, 0) is 36.9 Å². The number of anilines is 1. The third kappa shape index (κ3) is 2.99. The Balaban J connectivity index is 2.32. The van der Waals surface area contributed by atoms with Gasteiger partial charge in [0, 0.05) is 18.3 Å². The van der Waals surface area contributed by atoms with Crippen LogP contribution in [0.25, 0.3) is 0 Å². The fraction of sp³-hybridized carbons (Fsp3) is 0.647. The first-order valence-corrected chi connectivity index (χ1v) is 7.92. The molecule has 2 rings (SSSR count). The van der Waals surface area contributed by atoms with Gasteiger partial charge < -0.3 is 15.3 Å². The van der Waals surface area contributed by atoms with Crippen LogP contribution in [0.5, 0.6) is 0 Å². The normalized spacial score (nSPS) is 24.1. The van der Waals surface area contributed by atoms with Crippen LogP contribution in [-0.4, -0.2) is 30.8 Å². The lowest BCUT2D eigenvalue weighted by Gasteiger charge is -2.31. The van der Waals surface area contributed by atoms with Crippen LogP contribution in [0.4, 0.5) is 5.69 Å². The van der Waals surface area contributed by atoms with Crippen molar-refractivity contribution in [2.75, 3.05) is 24.6 Å². The lowest BCUT2D eigenvalue weighted by atomic mass is 9.99. The van der Waals surface area contributed by atoms with Crippen LogP contribution in [0.3, 0.4) is 0 Å². The molecule has 112 valence electrons. The van der Waals surface area contributed by atoms with Gasteiger partial charge in [0.25, 0.3) is 0 Å². The van der Waals surface area contributed by atoms with Gasteiger partial charge in [-0.15, -0.1) is 0 Å². The van der Waals surface area contributed by atoms with Gasteiger partial charge >= 0.3 is 0 Å². The van der Waals surface area contributed by atoms with Gasteiger partial charge in [0.1, 0.15) is 0 Å². The van der Waals surface area contributed by atoms with E-state index < -0.39 is 0 Å². The molecule has 3 heteroatoms. The molecule has 0 saturated carbocycles. The van der Waals surface area contributed by atoms with Gasteiger partial charge in [0.2, 0.25) is 0 Å². The fourth-order valence-electron chi connectivity index (χ4n) is 3.35. The number of benzene rings is 1. The van der Waals surface area contributed by atoms with E-state index in [-0.39, 0.29) is 12.6 Å². The average Bonchev–Trinajstić information content (AvgIpc) is 2.85. The van der Waals surface area contributed by atoms with E-state index in [0.717, 1.165) is 25.9 Å². The summed E-state index contributed by atoms with van der Waals surface area (Å²) in [6, 6.07) is 9.31. The highest BCUT2D eigenvalue weighted by Gasteiger charge is 2.32. The summed E-state index contributed by atoms with van der Waals surface area (Å²) in [6.07, 6.45) is 2.25. The van der Waals surface area contributed by atoms with Crippen molar-refractivity contribution in [3.63, 3.8) is 0 Å². The molecule has 0 bridgehead atoms. The van der Waals surface area contributed by atoms with E-state index in [2.05, 4.69) is 55.3 Å². The summed E-state index contributed by atoms with van der Waals surface area (Å²) in [5.74, 6) is 0.562. The van der Waals surface area contributed by atoms with E-state index in [1.807, 2.05) is 0 Å². The van der Waals surface area contributed by atoms with Crippen molar-refractivity contribution in [2.24, 2.45) is 5.92 Å². The van der Waals surface area contributed by atoms with Gasteiger partial charge in [-0.25, -0.2) is 0 Å². The summed E-state index contributed by atoms with van der Waals surface area (Å²) < 4.78 is 0. The molecule has 3 unspecified atom stereocenters. The zero-order chi connectivity index (χ0) is 14.5. The molecule has 1 aromatic rings. The van der Waals surface area contributed by atoms with Gasteiger partial charge in [-0.2, -0.15) is 0 Å². The standard InChI is InChI=1S/C17H28N2O/c1-4-15(18-5-2)14-8-6-7-9-16(14)19-11-10-13(3)17(19)12-20/h6-9,13,15,17-18,20H,4-5,10-12H2,1-3H3. The second kappa shape index (κ2) is 7.09. The van der Waals surface area contributed by atoms with E-state index in [0.29, 0.717) is 12.0 Å². The first-order chi connectivity index (χ1) is 9.72. The Hall–Kier alpha value is -1.06. The SMILES string of the molecule is CCNC(CC)c1ccccc1N1CCC(C)C1CO. The maximum atomic E-state index is 9.70. The van der Waals surface area contributed by atoms with E-state index in [9.17, 15) is 5.11 Å². The molecule has 1 aliphatic rings. The van der Waals surface area contributed by atoms with Crippen LogP contribution >= 0.6 is 0 Å². The summed E-state index contributed by atoms with van der Waals surface area (Å²) in [5.41, 5.74) is 2.66. The lowest BCUT2D eigenvalue weighted by molar-refractivity contribution is 0.244. The largest absolute Gasteiger partial charge is 0.394 e. The minimum absolute atomic E-state index is 0.244. The molecule has 1 heterocycles. The zero-order valence-corrected chi connectivity index (χ0v) is 13.0. The Kier molecular flexibility index (Phi) is 5.44. The van der Waals surface area contributed by atoms with E-state index in [1.54, 1.807) is 0 Å². The van der Waals surface area contributed by atoms with E-state index in [4.69, 9.17) is 0 Å². The first-order valence-electron chi connectivity index (χ1n) is 7.92. The minimum atomic E-state index is 0.244. The van der Waals surface area contributed by atoms with Gasteiger partial charge in [0.15, 0.2) is 0 Å². The van der Waals surface area contributed by atoms with Crippen molar-refractivity contribution in [1.82, 2.24) is 5.32 Å². The predicted octanol–water partition coefficient (Wildman–Crippen LogP) is 2.95. The summed E-state index contributed by atoms with van der Waals surface area (Å²) >= 11 is 0. The highest BCUT2D eigenvalue weighted by atomic mass is 16.3. The van der Waals surface area contributed by atoms with Crippen molar-refractivity contribution in [3.05, 3.63) is 29.8 Å². The van der Waals surface area contributed by atoms with Gasteiger partial charge in [-0.3, -0.25) is 0 Å². The number of aliphatic hydroxyl groups is 1. The molecular formula is C17H28N2O. The smallest absolute Gasteiger partial charge is 0.0637 e. The third-order valence-corrected chi connectivity index (χ3v) is 4.55. The molecule has 0 aliphatic carbocycles. The second-order valence-electron chi connectivity index (χ2n) is 5.79. The Bertz CT molecular complexity index is 421. The predicted molar refractivity (Wildman–Crippen MR) is 85.2 cm³/mol. The monoisotopic (exact) mass is 276 g/mol. The quantitative estimate of drug-likeness (QED) is 0.838. The Morgan fingerprint density at radius 2 is 2.10 bits per heavy atom. The third-order valence-electron chi connectivity index (χ3n) is 4.55. The Labute approximate surface area is 123 Å². The number of para-hydroxylation sites is 1. The Morgan fingerprint density at radius 1 is 1.35 bits per heavy atom. The van der Waals surface area contributed by atoms with E-state index in [1.165, 1.54) is 11.3 Å². The molecule has 1 aliphatic heterocycles. The molecule has 0 spiro atoms. The van der Waals surface area contributed by atoms with Crippen molar-refractivity contribution in [2.45, 2.75) is 45.7 Å². The van der Waals surface area contributed by atoms with Crippen LogP contribution in [-0.2, 0) is 0 Å². The summed E-state index contributed by atoms with van der Waals surface area (Å²) in [7, 11) is 0. The topological polar surface area (TPSA) is 35.5 Å². The van der Waals surface area contributed by atoms with Crippen LogP contribution < -0.4 is 10.2 Å².